The van der Waals surface area contributed by atoms with Gasteiger partial charge in [0.25, 0.3) is 0 Å². The Morgan fingerprint density at radius 2 is 1.68 bits per heavy atom. The van der Waals surface area contributed by atoms with E-state index in [1.807, 2.05) is 31.2 Å². The minimum atomic E-state index is -1.000. The lowest BCUT2D eigenvalue weighted by Gasteiger charge is -2.62. The molecule has 1 amide bonds. The summed E-state index contributed by atoms with van der Waals surface area (Å²) in [6, 6.07) is 16.8. The molecule has 0 radical (unpaired) electrons. The van der Waals surface area contributed by atoms with Gasteiger partial charge in [-0.15, -0.1) is 0 Å². The van der Waals surface area contributed by atoms with Crippen molar-refractivity contribution >= 4 is 6.09 Å². The van der Waals surface area contributed by atoms with Crippen molar-refractivity contribution in [3.8, 4) is 11.1 Å². The Hall–Kier alpha value is -3.45. The van der Waals surface area contributed by atoms with E-state index in [1.165, 1.54) is 22.8 Å². The lowest BCUT2D eigenvalue weighted by Crippen LogP contribution is -2.71. The van der Waals surface area contributed by atoms with Crippen LogP contribution < -0.4 is 5.56 Å². The zero-order valence-corrected chi connectivity index (χ0v) is 19.4. The number of carbonyl (C=O) groups is 1. The largest absolute Gasteiger partial charge is 0.437 e. The van der Waals surface area contributed by atoms with Gasteiger partial charge in [0.2, 0.25) is 5.56 Å². The van der Waals surface area contributed by atoms with Gasteiger partial charge in [-0.1, -0.05) is 36.4 Å². The van der Waals surface area contributed by atoms with Crippen LogP contribution in [0.15, 0.2) is 71.7 Å². The van der Waals surface area contributed by atoms with Crippen LogP contribution in [0.25, 0.3) is 11.1 Å². The lowest BCUT2D eigenvalue weighted by molar-refractivity contribution is -0.262. The number of nitrogens with zero attached hydrogens (tertiary/aromatic N) is 2. The van der Waals surface area contributed by atoms with Crippen LogP contribution in [0.4, 0.5) is 9.18 Å². The number of pyridine rings is 1. The molecule has 1 saturated carbocycles. The monoisotopic (exact) mass is 462 g/mol. The summed E-state index contributed by atoms with van der Waals surface area (Å²) in [6.45, 7) is 4.01. The third-order valence-electron chi connectivity index (χ3n) is 7.43. The second-order valence-electron chi connectivity index (χ2n) is 9.67. The molecule has 1 aliphatic carbocycles. The lowest BCUT2D eigenvalue weighted by atomic mass is 9.55. The Labute approximate surface area is 197 Å². The summed E-state index contributed by atoms with van der Waals surface area (Å²) in [4.78, 5) is 26.4. The number of aromatic nitrogens is 1. The standard InChI is InChI=1S/C27H27FN2O4/c1-17(18-4-6-19(7-5-18)20-8-13-24(31)29(3)14-20)30-15-23-26(2,33)16-27(23,34-25(30)32)21-9-11-22(28)12-10-21/h4-14,17,23,33H,15-16H2,1-3H3/t17-,23?,26?,27-/m0/s1. The number of aryl methyl sites for hydroxylation is 1. The van der Waals surface area contributed by atoms with Crippen LogP contribution in [0.1, 0.15) is 37.4 Å². The van der Waals surface area contributed by atoms with E-state index in [4.69, 9.17) is 4.74 Å². The first-order valence-corrected chi connectivity index (χ1v) is 11.4. The number of aliphatic hydroxyl groups is 1. The van der Waals surface area contributed by atoms with E-state index in [0.717, 1.165) is 16.7 Å². The highest BCUT2D eigenvalue weighted by Gasteiger charge is 2.67. The van der Waals surface area contributed by atoms with Crippen LogP contribution in [0.2, 0.25) is 0 Å². The summed E-state index contributed by atoms with van der Waals surface area (Å²) in [6.07, 6.45) is 1.61. The average molecular weight is 463 g/mol. The van der Waals surface area contributed by atoms with Crippen molar-refractivity contribution in [3.63, 3.8) is 0 Å². The molecule has 6 nitrogen and oxygen atoms in total. The molecular formula is C27H27FN2O4. The van der Waals surface area contributed by atoms with Crippen molar-refractivity contribution in [2.75, 3.05) is 6.54 Å². The van der Waals surface area contributed by atoms with Crippen molar-refractivity contribution in [1.82, 2.24) is 9.47 Å². The van der Waals surface area contributed by atoms with Crippen molar-refractivity contribution in [2.24, 2.45) is 13.0 Å². The Balaban J connectivity index is 1.39. The molecule has 1 N–H and O–H groups in total. The third-order valence-corrected chi connectivity index (χ3v) is 7.43. The molecule has 3 aromatic rings. The van der Waals surface area contributed by atoms with Gasteiger partial charge >= 0.3 is 6.09 Å². The molecule has 34 heavy (non-hydrogen) atoms. The number of rotatable bonds is 4. The Kier molecular flexibility index (Phi) is 5.13. The van der Waals surface area contributed by atoms with Crippen LogP contribution in [0.5, 0.6) is 0 Å². The second-order valence-corrected chi connectivity index (χ2v) is 9.67. The fourth-order valence-corrected chi connectivity index (χ4v) is 5.40. The van der Waals surface area contributed by atoms with Crippen LogP contribution in [-0.4, -0.2) is 32.8 Å². The molecule has 2 unspecified atom stereocenters. The summed E-state index contributed by atoms with van der Waals surface area (Å²) in [5.74, 6) is -0.697. The number of amides is 1. The minimum Gasteiger partial charge on any atom is -0.437 e. The van der Waals surface area contributed by atoms with Crippen molar-refractivity contribution in [2.45, 2.75) is 37.5 Å². The molecule has 2 aromatic carbocycles. The molecule has 7 heteroatoms. The van der Waals surface area contributed by atoms with Gasteiger partial charge in [-0.05, 0) is 54.3 Å². The van der Waals surface area contributed by atoms with E-state index in [2.05, 4.69) is 0 Å². The molecule has 2 fully saturated rings. The molecule has 4 atom stereocenters. The first kappa shape index (κ1) is 22.3. The van der Waals surface area contributed by atoms with E-state index in [0.29, 0.717) is 12.1 Å². The zero-order valence-electron chi connectivity index (χ0n) is 19.4. The maximum Gasteiger partial charge on any atom is 0.411 e. The number of ether oxygens (including phenoxy) is 1. The van der Waals surface area contributed by atoms with E-state index in [9.17, 15) is 19.1 Å². The summed E-state index contributed by atoms with van der Waals surface area (Å²) in [7, 11) is 1.71. The number of benzene rings is 2. The highest BCUT2D eigenvalue weighted by molar-refractivity contribution is 5.71. The highest BCUT2D eigenvalue weighted by Crippen LogP contribution is 2.58. The molecule has 1 aromatic heterocycles. The molecule has 1 aliphatic heterocycles. The minimum absolute atomic E-state index is 0.0683. The number of hydrogen-bond acceptors (Lipinski definition) is 4. The normalized spacial score (nSPS) is 26.9. The maximum absolute atomic E-state index is 13.5. The highest BCUT2D eigenvalue weighted by atomic mass is 19.1. The predicted octanol–water partition coefficient (Wildman–Crippen LogP) is 4.37. The van der Waals surface area contributed by atoms with E-state index < -0.39 is 17.3 Å². The van der Waals surface area contributed by atoms with Gasteiger partial charge in [0.1, 0.15) is 11.4 Å². The molecule has 5 rings (SSSR count). The molecule has 0 spiro atoms. The predicted molar refractivity (Wildman–Crippen MR) is 126 cm³/mol. The fourth-order valence-electron chi connectivity index (χ4n) is 5.40. The van der Waals surface area contributed by atoms with Gasteiger partial charge in [-0.2, -0.15) is 0 Å². The fraction of sp³-hybridized carbons (Fsp3) is 0.333. The van der Waals surface area contributed by atoms with Gasteiger partial charge in [0, 0.05) is 38.2 Å². The topological polar surface area (TPSA) is 71.8 Å². The van der Waals surface area contributed by atoms with Crippen molar-refractivity contribution in [1.29, 1.82) is 0 Å². The first-order chi connectivity index (χ1) is 16.1. The summed E-state index contributed by atoms with van der Waals surface area (Å²) >= 11 is 0. The van der Waals surface area contributed by atoms with E-state index in [-0.39, 0.29) is 29.8 Å². The van der Waals surface area contributed by atoms with Gasteiger partial charge < -0.3 is 19.3 Å². The molecule has 2 heterocycles. The zero-order chi connectivity index (χ0) is 24.3. The number of fused-ring (bicyclic) bond motifs is 1. The van der Waals surface area contributed by atoms with Crippen LogP contribution in [0.3, 0.4) is 0 Å². The smallest absolute Gasteiger partial charge is 0.411 e. The van der Waals surface area contributed by atoms with E-state index in [1.54, 1.807) is 43.3 Å². The Morgan fingerprint density at radius 1 is 1.03 bits per heavy atom. The van der Waals surface area contributed by atoms with E-state index >= 15 is 0 Å². The second kappa shape index (κ2) is 7.81. The summed E-state index contributed by atoms with van der Waals surface area (Å²) in [5.41, 5.74) is 1.50. The molecular weight excluding hydrogens is 435 g/mol. The average Bonchev–Trinajstić information content (AvgIpc) is 2.80. The molecule has 2 aliphatic rings. The van der Waals surface area contributed by atoms with Crippen molar-refractivity contribution < 1.29 is 19.0 Å². The summed E-state index contributed by atoms with van der Waals surface area (Å²) in [5, 5.41) is 10.9. The van der Waals surface area contributed by atoms with Gasteiger partial charge in [0.05, 0.1) is 11.6 Å². The molecule has 1 saturated heterocycles. The summed E-state index contributed by atoms with van der Waals surface area (Å²) < 4.78 is 21.0. The van der Waals surface area contributed by atoms with Crippen LogP contribution in [-0.2, 0) is 17.4 Å². The van der Waals surface area contributed by atoms with Gasteiger partial charge in [-0.3, -0.25) is 4.79 Å². The van der Waals surface area contributed by atoms with Crippen LogP contribution in [0, 0.1) is 11.7 Å². The first-order valence-electron chi connectivity index (χ1n) is 11.4. The molecule has 0 bridgehead atoms. The number of halogens is 1. The molecule has 176 valence electrons. The van der Waals surface area contributed by atoms with Gasteiger partial charge in [-0.25, -0.2) is 9.18 Å². The number of hydrogen-bond donors (Lipinski definition) is 1. The van der Waals surface area contributed by atoms with Crippen molar-refractivity contribution in [3.05, 3.63) is 94.2 Å². The maximum atomic E-state index is 13.5. The number of carbonyl (C=O) groups excluding carboxylic acids is 1. The Bertz CT molecular complexity index is 1300. The van der Waals surface area contributed by atoms with Gasteiger partial charge in [0.15, 0.2) is 0 Å². The Morgan fingerprint density at radius 3 is 2.29 bits per heavy atom. The SMILES string of the molecule is C[C@@H](c1ccc(-c2ccc(=O)n(C)c2)cc1)N1CC2C(C)(O)C[C@@]2(c2ccc(F)cc2)OC1=O. The quantitative estimate of drug-likeness (QED) is 0.625. The third kappa shape index (κ3) is 3.51. The van der Waals surface area contributed by atoms with Crippen LogP contribution >= 0.6 is 0 Å².